The van der Waals surface area contributed by atoms with Crippen LogP contribution in [0.25, 0.3) is 17.2 Å². The Hall–Kier alpha value is -4.74. The highest BCUT2D eigenvalue weighted by Crippen LogP contribution is 2.33. The van der Waals surface area contributed by atoms with Gasteiger partial charge in [-0.1, -0.05) is 51.2 Å². The summed E-state index contributed by atoms with van der Waals surface area (Å²) in [4.78, 5) is 65.7. The number of nitrogens with one attached hydrogen (secondary N) is 2. The molecule has 0 spiro atoms. The fourth-order valence-electron chi connectivity index (χ4n) is 4.68. The molecular formula is C35H45N3O9. The normalized spacial score (nSPS) is 14.0. The molecule has 2 N–H and O–H groups in total. The Balaban J connectivity index is 0.000000896. The van der Waals surface area contributed by atoms with Crippen molar-refractivity contribution in [3.05, 3.63) is 53.4 Å². The number of hydrogen-bond donors (Lipinski definition) is 2. The molecule has 2 saturated carbocycles. The zero-order valence-corrected chi connectivity index (χ0v) is 27.6. The average Bonchev–Trinajstić information content (AvgIpc) is 3.90. The maximum absolute atomic E-state index is 13.1. The zero-order chi connectivity index (χ0) is 34.4. The summed E-state index contributed by atoms with van der Waals surface area (Å²) in [5.41, 5.74) is 0.163. The van der Waals surface area contributed by atoms with Gasteiger partial charge in [0.05, 0.1) is 7.11 Å². The second-order valence-electron chi connectivity index (χ2n) is 12.3. The number of nitrogens with zero attached hydrogens (tertiary/aromatic N) is 1. The molecule has 12 heteroatoms. The summed E-state index contributed by atoms with van der Waals surface area (Å²) in [5.74, 6) is -1.58. The van der Waals surface area contributed by atoms with E-state index in [0.29, 0.717) is 35.6 Å². The van der Waals surface area contributed by atoms with E-state index in [1.54, 1.807) is 32.9 Å². The number of benzene rings is 1. The van der Waals surface area contributed by atoms with Gasteiger partial charge in [-0.25, -0.2) is 14.6 Å². The fraction of sp³-hybridized carbons (Fsp3) is 0.486. The molecule has 254 valence electrons. The standard InChI is InChI=1S/C29H33N3O9.C6H12/c1-6-18-11-19(15-33)21(12-23(18)38-5)20-9-10-22(26(35)30-13-17-7-8-17)32-25(20)27(36)40-16-39-24(34)14-31-28(37)41-29(2,3)4;1-2-4-6-5-3-1/h6,9-12,15,17H,1,7-8,13-14,16H2,2-5H3,(H,30,35)(H,31,37);1-6H2. The molecule has 0 unspecified atom stereocenters. The maximum Gasteiger partial charge on any atom is 0.408 e. The van der Waals surface area contributed by atoms with Crippen LogP contribution < -0.4 is 15.4 Å². The van der Waals surface area contributed by atoms with Crippen LogP contribution in [0.15, 0.2) is 30.8 Å². The number of methoxy groups -OCH3 is 1. The van der Waals surface area contributed by atoms with E-state index < -0.39 is 42.9 Å². The van der Waals surface area contributed by atoms with Gasteiger partial charge < -0.3 is 29.6 Å². The number of aromatic nitrogens is 1. The molecule has 2 aromatic rings. The second kappa shape index (κ2) is 17.8. The first-order valence-electron chi connectivity index (χ1n) is 15.8. The highest BCUT2D eigenvalue weighted by Gasteiger charge is 2.25. The number of amides is 2. The molecule has 0 aliphatic heterocycles. The van der Waals surface area contributed by atoms with Gasteiger partial charge in [0.25, 0.3) is 5.91 Å². The van der Waals surface area contributed by atoms with Crippen molar-refractivity contribution in [2.45, 2.75) is 77.7 Å². The third-order valence-electron chi connectivity index (χ3n) is 7.29. The predicted octanol–water partition coefficient (Wildman–Crippen LogP) is 5.88. The molecule has 2 fully saturated rings. The minimum absolute atomic E-state index is 0.0396. The van der Waals surface area contributed by atoms with Crippen LogP contribution in [0, 0.1) is 5.92 Å². The zero-order valence-electron chi connectivity index (χ0n) is 27.6. The number of carbonyl (C=O) groups excluding carboxylic acids is 5. The SMILES string of the molecule is C1CCCCC1.C=Cc1cc(C=O)c(-c2ccc(C(=O)NCC3CC3)nc2C(=O)OCOC(=O)CNC(=O)OC(C)(C)C)cc1OC. The lowest BCUT2D eigenvalue weighted by molar-refractivity contribution is -0.151. The van der Waals surface area contributed by atoms with Gasteiger partial charge in [-0.2, -0.15) is 0 Å². The lowest BCUT2D eigenvalue weighted by Crippen LogP contribution is -2.36. The first-order chi connectivity index (χ1) is 22.4. The lowest BCUT2D eigenvalue weighted by atomic mass is 9.95. The smallest absolute Gasteiger partial charge is 0.408 e. The minimum Gasteiger partial charge on any atom is -0.496 e. The van der Waals surface area contributed by atoms with E-state index in [0.717, 1.165) is 12.8 Å². The van der Waals surface area contributed by atoms with Crippen molar-refractivity contribution in [2.75, 3.05) is 27.0 Å². The molecule has 2 aliphatic rings. The van der Waals surface area contributed by atoms with Crippen LogP contribution in [-0.2, 0) is 19.0 Å². The van der Waals surface area contributed by atoms with Gasteiger partial charge in [0.2, 0.25) is 6.79 Å². The fourth-order valence-corrected chi connectivity index (χ4v) is 4.68. The maximum atomic E-state index is 13.1. The molecule has 0 atom stereocenters. The van der Waals surface area contributed by atoms with Gasteiger partial charge in [-0.3, -0.25) is 14.4 Å². The number of hydrogen-bond acceptors (Lipinski definition) is 10. The minimum atomic E-state index is -1.02. The first-order valence-corrected chi connectivity index (χ1v) is 15.8. The third-order valence-corrected chi connectivity index (χ3v) is 7.29. The van der Waals surface area contributed by atoms with Crippen molar-refractivity contribution in [3.8, 4) is 16.9 Å². The number of alkyl carbamates (subject to hydrolysis) is 1. The van der Waals surface area contributed by atoms with Crippen LogP contribution in [0.1, 0.15) is 109 Å². The molecule has 1 aromatic heterocycles. The molecule has 2 amide bonds. The summed E-state index contributed by atoms with van der Waals surface area (Å²) in [5, 5.41) is 5.01. The molecule has 4 rings (SSSR count). The largest absolute Gasteiger partial charge is 0.496 e. The van der Waals surface area contributed by atoms with Crippen molar-refractivity contribution < 1.29 is 42.9 Å². The number of aldehydes is 1. The van der Waals surface area contributed by atoms with Crippen molar-refractivity contribution >= 4 is 36.3 Å². The van der Waals surface area contributed by atoms with Crippen molar-refractivity contribution in [1.82, 2.24) is 15.6 Å². The van der Waals surface area contributed by atoms with Gasteiger partial charge in [0, 0.05) is 23.2 Å². The van der Waals surface area contributed by atoms with Gasteiger partial charge in [-0.05, 0) is 69.4 Å². The van der Waals surface area contributed by atoms with E-state index in [9.17, 15) is 24.0 Å². The van der Waals surface area contributed by atoms with Crippen LogP contribution in [0.2, 0.25) is 0 Å². The monoisotopic (exact) mass is 651 g/mol. The Labute approximate surface area is 275 Å². The van der Waals surface area contributed by atoms with E-state index >= 15 is 0 Å². The number of pyridine rings is 1. The van der Waals surface area contributed by atoms with Gasteiger partial charge in [-0.15, -0.1) is 0 Å². The summed E-state index contributed by atoms with van der Waals surface area (Å²) >= 11 is 0. The second-order valence-corrected chi connectivity index (χ2v) is 12.3. The molecule has 0 radical (unpaired) electrons. The van der Waals surface area contributed by atoms with Crippen molar-refractivity contribution in [3.63, 3.8) is 0 Å². The molecule has 12 nitrogen and oxygen atoms in total. The van der Waals surface area contributed by atoms with Crippen molar-refractivity contribution in [2.24, 2.45) is 5.92 Å². The molecular weight excluding hydrogens is 606 g/mol. The summed E-state index contributed by atoms with van der Waals surface area (Å²) in [7, 11) is 1.44. The Bertz CT molecular complexity index is 1430. The first kappa shape index (κ1) is 36.7. The predicted molar refractivity (Wildman–Crippen MR) is 175 cm³/mol. The van der Waals surface area contributed by atoms with E-state index in [4.69, 9.17) is 18.9 Å². The van der Waals surface area contributed by atoms with Crippen LogP contribution in [-0.4, -0.2) is 67.8 Å². The van der Waals surface area contributed by atoms with Crippen LogP contribution >= 0.6 is 0 Å². The number of rotatable bonds is 12. The Morgan fingerprint density at radius 2 is 1.60 bits per heavy atom. The highest BCUT2D eigenvalue weighted by molar-refractivity contribution is 6.01. The Morgan fingerprint density at radius 1 is 0.936 bits per heavy atom. The van der Waals surface area contributed by atoms with E-state index in [1.165, 1.54) is 63.8 Å². The molecule has 1 aromatic carbocycles. The number of ether oxygens (including phenoxy) is 4. The topological polar surface area (TPSA) is 159 Å². The summed E-state index contributed by atoms with van der Waals surface area (Å²) in [6, 6.07) is 5.99. The van der Waals surface area contributed by atoms with E-state index in [-0.39, 0.29) is 22.5 Å². The number of carbonyl (C=O) groups is 5. The highest BCUT2D eigenvalue weighted by atomic mass is 16.7. The molecule has 2 aliphatic carbocycles. The quantitative estimate of drug-likeness (QED) is 0.161. The van der Waals surface area contributed by atoms with Crippen molar-refractivity contribution in [1.29, 1.82) is 0 Å². The molecule has 0 bridgehead atoms. The average molecular weight is 652 g/mol. The van der Waals surface area contributed by atoms with Crippen LogP contribution in [0.3, 0.4) is 0 Å². The Kier molecular flexibility index (Phi) is 13.9. The summed E-state index contributed by atoms with van der Waals surface area (Å²) in [6.07, 6.45) is 12.4. The van der Waals surface area contributed by atoms with E-state index in [1.807, 2.05) is 0 Å². The van der Waals surface area contributed by atoms with Crippen LogP contribution in [0.5, 0.6) is 5.75 Å². The van der Waals surface area contributed by atoms with Gasteiger partial charge >= 0.3 is 18.0 Å². The summed E-state index contributed by atoms with van der Waals surface area (Å²) < 4.78 is 20.4. The third kappa shape index (κ3) is 12.2. The lowest BCUT2D eigenvalue weighted by Gasteiger charge is -2.19. The molecule has 0 saturated heterocycles. The van der Waals surface area contributed by atoms with Crippen LogP contribution in [0.4, 0.5) is 4.79 Å². The number of esters is 2. The summed E-state index contributed by atoms with van der Waals surface area (Å²) in [6.45, 7) is 7.89. The van der Waals surface area contributed by atoms with Gasteiger partial charge in [0.1, 0.15) is 23.6 Å². The van der Waals surface area contributed by atoms with Gasteiger partial charge in [0.15, 0.2) is 12.0 Å². The Morgan fingerprint density at radius 3 is 2.15 bits per heavy atom. The molecule has 47 heavy (non-hydrogen) atoms. The molecule has 1 heterocycles. The van der Waals surface area contributed by atoms with E-state index in [2.05, 4.69) is 22.2 Å².